The molecule has 0 radical (unpaired) electrons. The van der Waals surface area contributed by atoms with Gasteiger partial charge >= 0.3 is 6.03 Å². The van der Waals surface area contributed by atoms with Crippen LogP contribution >= 0.6 is 0 Å². The maximum atomic E-state index is 12.1. The number of piperidine rings is 1. The highest BCUT2D eigenvalue weighted by Crippen LogP contribution is 2.18. The first-order valence-electron chi connectivity index (χ1n) is 8.53. The third kappa shape index (κ3) is 5.92. The van der Waals surface area contributed by atoms with Crippen molar-refractivity contribution in [1.82, 2.24) is 15.1 Å². The van der Waals surface area contributed by atoms with E-state index < -0.39 is 0 Å². The Bertz CT molecular complexity index is 516. The first kappa shape index (κ1) is 18.4. The SMILES string of the molecule is COc1cccc(OCCNC(=O)N(C)CC2CCN(C)CC2)c1. The molecule has 2 rings (SSSR count). The molecule has 6 heteroatoms. The lowest BCUT2D eigenvalue weighted by atomic mass is 9.97. The number of carbonyl (C=O) groups excluding carboxylic acids is 1. The molecule has 0 saturated carbocycles. The number of rotatable bonds is 7. The summed E-state index contributed by atoms with van der Waals surface area (Å²) in [5, 5.41) is 2.90. The zero-order valence-corrected chi connectivity index (χ0v) is 15.0. The molecule has 0 aliphatic carbocycles. The van der Waals surface area contributed by atoms with E-state index in [1.165, 1.54) is 0 Å². The fraction of sp³-hybridized carbons (Fsp3) is 0.611. The van der Waals surface area contributed by atoms with Gasteiger partial charge in [-0.25, -0.2) is 4.79 Å². The van der Waals surface area contributed by atoms with Gasteiger partial charge < -0.3 is 24.6 Å². The molecule has 24 heavy (non-hydrogen) atoms. The second-order valence-electron chi connectivity index (χ2n) is 6.39. The number of nitrogens with zero attached hydrogens (tertiary/aromatic N) is 2. The quantitative estimate of drug-likeness (QED) is 0.775. The van der Waals surface area contributed by atoms with E-state index in [1.807, 2.05) is 31.3 Å². The van der Waals surface area contributed by atoms with Crippen LogP contribution in [0.15, 0.2) is 24.3 Å². The summed E-state index contributed by atoms with van der Waals surface area (Å²) in [6.45, 7) is 3.97. The van der Waals surface area contributed by atoms with Crippen molar-refractivity contribution in [2.75, 3.05) is 54.0 Å². The van der Waals surface area contributed by atoms with Gasteiger partial charge in [0.1, 0.15) is 18.1 Å². The fourth-order valence-electron chi connectivity index (χ4n) is 2.87. The zero-order chi connectivity index (χ0) is 17.4. The lowest BCUT2D eigenvalue weighted by Crippen LogP contribution is -2.43. The van der Waals surface area contributed by atoms with Crippen molar-refractivity contribution in [1.29, 1.82) is 0 Å². The van der Waals surface area contributed by atoms with E-state index in [9.17, 15) is 4.79 Å². The summed E-state index contributed by atoms with van der Waals surface area (Å²) in [6, 6.07) is 7.41. The molecule has 0 atom stereocenters. The monoisotopic (exact) mass is 335 g/mol. The lowest BCUT2D eigenvalue weighted by molar-refractivity contribution is 0.169. The summed E-state index contributed by atoms with van der Waals surface area (Å²) in [4.78, 5) is 16.2. The van der Waals surface area contributed by atoms with Crippen molar-refractivity contribution < 1.29 is 14.3 Å². The number of hydrogen-bond donors (Lipinski definition) is 1. The van der Waals surface area contributed by atoms with E-state index >= 15 is 0 Å². The van der Waals surface area contributed by atoms with Crippen LogP contribution < -0.4 is 14.8 Å². The van der Waals surface area contributed by atoms with Gasteiger partial charge in [0, 0.05) is 19.7 Å². The standard InChI is InChI=1S/C18H29N3O3/c1-20-10-7-15(8-11-20)14-21(2)18(22)19-9-12-24-17-6-4-5-16(13-17)23-3/h4-6,13,15H,7-12,14H2,1-3H3,(H,19,22). The van der Waals surface area contributed by atoms with Crippen molar-refractivity contribution in [2.24, 2.45) is 5.92 Å². The minimum absolute atomic E-state index is 0.0387. The van der Waals surface area contributed by atoms with E-state index in [2.05, 4.69) is 17.3 Å². The first-order valence-corrected chi connectivity index (χ1v) is 8.53. The summed E-state index contributed by atoms with van der Waals surface area (Å²) in [6.07, 6.45) is 2.32. The molecule has 1 heterocycles. The van der Waals surface area contributed by atoms with Crippen LogP contribution in [0.4, 0.5) is 4.79 Å². The van der Waals surface area contributed by atoms with Gasteiger partial charge in [-0.05, 0) is 51.0 Å². The number of amides is 2. The molecule has 1 aromatic carbocycles. The number of urea groups is 1. The van der Waals surface area contributed by atoms with Crippen molar-refractivity contribution >= 4 is 6.03 Å². The van der Waals surface area contributed by atoms with Crippen LogP contribution in [-0.2, 0) is 0 Å². The molecule has 134 valence electrons. The maximum Gasteiger partial charge on any atom is 0.317 e. The Kier molecular flexibility index (Phi) is 7.18. The van der Waals surface area contributed by atoms with Gasteiger partial charge in [0.05, 0.1) is 13.7 Å². The molecule has 1 saturated heterocycles. The van der Waals surface area contributed by atoms with Crippen molar-refractivity contribution in [3.05, 3.63) is 24.3 Å². The van der Waals surface area contributed by atoms with Gasteiger partial charge in [-0.15, -0.1) is 0 Å². The third-order valence-corrected chi connectivity index (χ3v) is 4.41. The Morgan fingerprint density at radius 2 is 2.04 bits per heavy atom. The molecule has 1 N–H and O–H groups in total. The topological polar surface area (TPSA) is 54.0 Å². The van der Waals surface area contributed by atoms with Crippen LogP contribution in [-0.4, -0.2) is 69.8 Å². The van der Waals surface area contributed by atoms with Gasteiger partial charge in [0.25, 0.3) is 0 Å². The smallest absolute Gasteiger partial charge is 0.317 e. The molecule has 6 nitrogen and oxygen atoms in total. The van der Waals surface area contributed by atoms with Gasteiger partial charge in [-0.3, -0.25) is 0 Å². The molecule has 0 spiro atoms. The first-order chi connectivity index (χ1) is 11.6. The molecule has 1 fully saturated rings. The Hall–Kier alpha value is -1.95. The zero-order valence-electron chi connectivity index (χ0n) is 15.0. The normalized spacial score (nSPS) is 15.8. The van der Waals surface area contributed by atoms with Crippen molar-refractivity contribution in [3.63, 3.8) is 0 Å². The molecule has 1 aromatic rings. The summed E-state index contributed by atoms with van der Waals surface area (Å²) in [5.41, 5.74) is 0. The predicted molar refractivity (Wildman–Crippen MR) is 94.7 cm³/mol. The van der Waals surface area contributed by atoms with Crippen LogP contribution in [0.5, 0.6) is 11.5 Å². The van der Waals surface area contributed by atoms with E-state index in [0.717, 1.165) is 44.0 Å². The number of carbonyl (C=O) groups is 1. The maximum absolute atomic E-state index is 12.1. The molecular formula is C18H29N3O3. The highest BCUT2D eigenvalue weighted by Gasteiger charge is 2.20. The third-order valence-electron chi connectivity index (χ3n) is 4.41. The minimum Gasteiger partial charge on any atom is -0.497 e. The van der Waals surface area contributed by atoms with Crippen molar-refractivity contribution in [2.45, 2.75) is 12.8 Å². The predicted octanol–water partition coefficient (Wildman–Crippen LogP) is 2.06. The van der Waals surface area contributed by atoms with Crippen LogP contribution in [0.25, 0.3) is 0 Å². The molecule has 0 bridgehead atoms. The van der Waals surface area contributed by atoms with Crippen LogP contribution in [0.2, 0.25) is 0 Å². The number of methoxy groups -OCH3 is 1. The average molecular weight is 335 g/mol. The number of hydrogen-bond acceptors (Lipinski definition) is 4. The Balaban J connectivity index is 1.63. The van der Waals surface area contributed by atoms with Crippen LogP contribution in [0, 0.1) is 5.92 Å². The van der Waals surface area contributed by atoms with Crippen LogP contribution in [0.3, 0.4) is 0 Å². The number of likely N-dealkylation sites (tertiary alicyclic amines) is 1. The number of ether oxygens (including phenoxy) is 2. The van der Waals surface area contributed by atoms with Gasteiger partial charge in [0.15, 0.2) is 0 Å². The van der Waals surface area contributed by atoms with E-state index in [0.29, 0.717) is 19.1 Å². The largest absolute Gasteiger partial charge is 0.497 e. The summed E-state index contributed by atoms with van der Waals surface area (Å²) in [5.74, 6) is 2.10. The molecule has 1 aliphatic heterocycles. The lowest BCUT2D eigenvalue weighted by Gasteiger charge is -2.31. The summed E-state index contributed by atoms with van der Waals surface area (Å²) < 4.78 is 10.8. The van der Waals surface area contributed by atoms with Crippen molar-refractivity contribution in [3.8, 4) is 11.5 Å². The molecule has 0 unspecified atom stereocenters. The Morgan fingerprint density at radius 1 is 1.33 bits per heavy atom. The van der Waals surface area contributed by atoms with Crippen LogP contribution in [0.1, 0.15) is 12.8 Å². The Labute approximate surface area is 144 Å². The van der Waals surface area contributed by atoms with E-state index in [4.69, 9.17) is 9.47 Å². The summed E-state index contributed by atoms with van der Waals surface area (Å²) >= 11 is 0. The summed E-state index contributed by atoms with van der Waals surface area (Å²) in [7, 11) is 5.63. The fourth-order valence-corrected chi connectivity index (χ4v) is 2.87. The average Bonchev–Trinajstić information content (AvgIpc) is 2.60. The Morgan fingerprint density at radius 3 is 2.75 bits per heavy atom. The number of benzene rings is 1. The highest BCUT2D eigenvalue weighted by molar-refractivity contribution is 5.73. The minimum atomic E-state index is -0.0387. The highest BCUT2D eigenvalue weighted by atomic mass is 16.5. The molecule has 1 aliphatic rings. The van der Waals surface area contributed by atoms with Gasteiger partial charge in [0.2, 0.25) is 0 Å². The molecule has 0 aromatic heterocycles. The van der Waals surface area contributed by atoms with Gasteiger partial charge in [-0.1, -0.05) is 6.07 Å². The number of nitrogens with one attached hydrogen (secondary N) is 1. The van der Waals surface area contributed by atoms with E-state index in [-0.39, 0.29) is 6.03 Å². The molecule has 2 amide bonds. The van der Waals surface area contributed by atoms with E-state index in [1.54, 1.807) is 12.0 Å². The second-order valence-corrected chi connectivity index (χ2v) is 6.39. The molecular weight excluding hydrogens is 306 g/mol. The second kappa shape index (κ2) is 9.37. The van der Waals surface area contributed by atoms with Gasteiger partial charge in [-0.2, -0.15) is 0 Å².